The van der Waals surface area contributed by atoms with E-state index in [2.05, 4.69) is 5.32 Å². The number of halogens is 1. The maximum atomic E-state index is 13.5. The second-order valence-electron chi connectivity index (χ2n) is 9.60. The molecule has 1 unspecified atom stereocenters. The van der Waals surface area contributed by atoms with Crippen LogP contribution in [0.2, 0.25) is 5.02 Å². The molecule has 2 heterocycles. The van der Waals surface area contributed by atoms with Crippen LogP contribution in [0.15, 0.2) is 79.0 Å². The van der Waals surface area contributed by atoms with Gasteiger partial charge in [-0.1, -0.05) is 41.9 Å². The number of methoxy groups -OCH3 is 2. The van der Waals surface area contributed by atoms with Crippen LogP contribution in [0.3, 0.4) is 0 Å². The zero-order chi connectivity index (χ0) is 28.8. The summed E-state index contributed by atoms with van der Waals surface area (Å²) in [6.07, 6.45) is 3.48. The molecule has 0 spiro atoms. The molecule has 1 aliphatic heterocycles. The third-order valence-electron chi connectivity index (χ3n) is 6.83. The molecule has 0 bridgehead atoms. The second kappa shape index (κ2) is 12.9. The third kappa shape index (κ3) is 6.70. The maximum absolute atomic E-state index is 13.5. The summed E-state index contributed by atoms with van der Waals surface area (Å²) in [6, 6.07) is 21.6. The number of benzene rings is 3. The van der Waals surface area contributed by atoms with Gasteiger partial charge in [-0.15, -0.1) is 0 Å². The summed E-state index contributed by atoms with van der Waals surface area (Å²) in [5.74, 6) is 0.768. The molecule has 1 N–H and O–H groups in total. The number of hydrogen-bond donors (Lipinski definition) is 1. The van der Waals surface area contributed by atoms with Crippen LogP contribution in [-0.2, 0) is 9.53 Å². The van der Waals surface area contributed by atoms with Crippen molar-refractivity contribution in [3.8, 4) is 28.4 Å². The third-order valence-corrected chi connectivity index (χ3v) is 7.08. The zero-order valence-electron chi connectivity index (χ0n) is 22.9. The second-order valence-corrected chi connectivity index (χ2v) is 10.0. The Balaban J connectivity index is 1.45. The summed E-state index contributed by atoms with van der Waals surface area (Å²) in [6.45, 7) is 0.810. The molecule has 0 radical (unpaired) electrons. The Hall–Kier alpha value is -4.34. The highest BCUT2D eigenvalue weighted by Crippen LogP contribution is 2.32. The van der Waals surface area contributed by atoms with Gasteiger partial charge >= 0.3 is 0 Å². The molecular weight excluding hydrogens is 544 g/mol. The van der Waals surface area contributed by atoms with E-state index in [1.54, 1.807) is 67.3 Å². The van der Waals surface area contributed by atoms with E-state index in [0.29, 0.717) is 46.6 Å². The van der Waals surface area contributed by atoms with Crippen molar-refractivity contribution in [1.29, 1.82) is 0 Å². The van der Waals surface area contributed by atoms with Crippen LogP contribution >= 0.6 is 11.6 Å². The molecular formula is C31H31ClN4O5. The van der Waals surface area contributed by atoms with Crippen molar-refractivity contribution in [3.05, 3.63) is 89.6 Å². The van der Waals surface area contributed by atoms with Crippen molar-refractivity contribution in [2.75, 3.05) is 39.2 Å². The zero-order valence-corrected chi connectivity index (χ0v) is 23.6. The lowest BCUT2D eigenvalue weighted by molar-refractivity contribution is -0.117. The number of hydrogen-bond acceptors (Lipinski definition) is 6. The van der Waals surface area contributed by atoms with Gasteiger partial charge in [-0.05, 0) is 49.2 Å². The quantitative estimate of drug-likeness (QED) is 0.270. The number of anilines is 1. The molecule has 9 nitrogen and oxygen atoms in total. The number of rotatable bonds is 10. The van der Waals surface area contributed by atoms with E-state index in [1.807, 2.05) is 30.5 Å². The van der Waals surface area contributed by atoms with E-state index >= 15 is 0 Å². The first kappa shape index (κ1) is 28.2. The van der Waals surface area contributed by atoms with Gasteiger partial charge in [0.05, 0.1) is 31.7 Å². The number of carbonyl (C=O) groups is 2. The van der Waals surface area contributed by atoms with Crippen LogP contribution < -0.4 is 14.8 Å². The summed E-state index contributed by atoms with van der Waals surface area (Å²) in [5, 5.41) is 3.53. The minimum absolute atomic E-state index is 0.110. The Labute approximate surface area is 243 Å². The van der Waals surface area contributed by atoms with Crippen LogP contribution in [0, 0.1) is 0 Å². The lowest BCUT2D eigenvalue weighted by Crippen LogP contribution is -2.42. The summed E-state index contributed by atoms with van der Waals surface area (Å²) in [5.41, 5.74) is 2.66. The van der Waals surface area contributed by atoms with Crippen LogP contribution in [0.5, 0.6) is 11.5 Å². The van der Waals surface area contributed by atoms with E-state index in [4.69, 9.17) is 30.8 Å². The van der Waals surface area contributed by atoms with E-state index in [-0.39, 0.29) is 30.4 Å². The molecule has 1 aliphatic rings. The van der Waals surface area contributed by atoms with Crippen molar-refractivity contribution < 1.29 is 23.8 Å². The van der Waals surface area contributed by atoms with E-state index in [9.17, 15) is 9.59 Å². The normalized spacial score (nSPS) is 14.5. The van der Waals surface area contributed by atoms with Gasteiger partial charge in [-0.3, -0.25) is 19.5 Å². The number of nitrogens with zero attached hydrogens (tertiary/aromatic N) is 3. The SMILES string of the molecule is COc1ccc(-n2cc(-c3ccc(Cl)cc3)nc2NC(=O)CN(CC2CCCO2)C(=O)c2ccccc2)cc1OC. The number of carbonyl (C=O) groups excluding carboxylic acids is 2. The Morgan fingerprint density at radius 3 is 2.49 bits per heavy atom. The molecule has 41 heavy (non-hydrogen) atoms. The van der Waals surface area contributed by atoms with Gasteiger partial charge in [0, 0.05) is 41.6 Å². The molecule has 10 heteroatoms. The highest BCUT2D eigenvalue weighted by atomic mass is 35.5. The molecule has 2 amide bonds. The highest BCUT2D eigenvalue weighted by Gasteiger charge is 2.26. The molecule has 1 fully saturated rings. The van der Waals surface area contributed by atoms with Crippen molar-refractivity contribution >= 4 is 29.4 Å². The van der Waals surface area contributed by atoms with Gasteiger partial charge in [0.15, 0.2) is 11.5 Å². The Morgan fingerprint density at radius 1 is 1.05 bits per heavy atom. The Bertz CT molecular complexity index is 1500. The highest BCUT2D eigenvalue weighted by molar-refractivity contribution is 6.30. The number of nitrogens with one attached hydrogen (secondary N) is 1. The number of aromatic nitrogens is 2. The van der Waals surface area contributed by atoms with E-state index in [1.165, 1.54) is 4.90 Å². The van der Waals surface area contributed by atoms with Gasteiger partial charge in [-0.25, -0.2) is 4.98 Å². The molecule has 212 valence electrons. The molecule has 4 aromatic rings. The minimum atomic E-state index is -0.387. The van der Waals surface area contributed by atoms with Gasteiger partial charge in [0.2, 0.25) is 11.9 Å². The smallest absolute Gasteiger partial charge is 0.254 e. The van der Waals surface area contributed by atoms with Gasteiger partial charge in [0.1, 0.15) is 6.54 Å². The van der Waals surface area contributed by atoms with Crippen molar-refractivity contribution in [1.82, 2.24) is 14.5 Å². The molecule has 3 aromatic carbocycles. The monoisotopic (exact) mass is 574 g/mol. The topological polar surface area (TPSA) is 94.9 Å². The first-order chi connectivity index (χ1) is 19.9. The molecule has 1 atom stereocenters. The van der Waals surface area contributed by atoms with Crippen LogP contribution in [0.25, 0.3) is 16.9 Å². The van der Waals surface area contributed by atoms with Crippen molar-refractivity contribution in [3.63, 3.8) is 0 Å². The van der Waals surface area contributed by atoms with E-state index in [0.717, 1.165) is 18.4 Å². The lowest BCUT2D eigenvalue weighted by atomic mass is 10.1. The Morgan fingerprint density at radius 2 is 1.80 bits per heavy atom. The number of amides is 2. The summed E-state index contributed by atoms with van der Waals surface area (Å²) < 4.78 is 18.4. The standard InChI is InChI=1S/C31H31ClN4O5/c1-39-27-15-14-24(17-28(27)40-2)36-19-26(21-10-12-23(32)13-11-21)33-31(36)34-29(37)20-35(18-25-9-6-16-41-25)30(38)22-7-4-3-5-8-22/h3-5,7-8,10-15,17,19,25H,6,9,16,18,20H2,1-2H3,(H,33,34,37). The van der Waals surface area contributed by atoms with E-state index < -0.39 is 0 Å². The maximum Gasteiger partial charge on any atom is 0.254 e. The fourth-order valence-corrected chi connectivity index (χ4v) is 4.88. The fourth-order valence-electron chi connectivity index (χ4n) is 4.75. The molecule has 1 aromatic heterocycles. The average Bonchev–Trinajstić information content (AvgIpc) is 3.67. The minimum Gasteiger partial charge on any atom is -0.493 e. The van der Waals surface area contributed by atoms with Crippen molar-refractivity contribution in [2.45, 2.75) is 18.9 Å². The van der Waals surface area contributed by atoms with Crippen LogP contribution in [0.4, 0.5) is 5.95 Å². The van der Waals surface area contributed by atoms with Crippen LogP contribution in [0.1, 0.15) is 23.2 Å². The molecule has 5 rings (SSSR count). The van der Waals surface area contributed by atoms with Crippen LogP contribution in [-0.4, -0.2) is 66.3 Å². The van der Waals surface area contributed by atoms with Gasteiger partial charge in [-0.2, -0.15) is 0 Å². The largest absolute Gasteiger partial charge is 0.493 e. The van der Waals surface area contributed by atoms with Crippen molar-refractivity contribution in [2.24, 2.45) is 0 Å². The first-order valence-corrected chi connectivity index (χ1v) is 13.7. The Kier molecular flexibility index (Phi) is 8.86. The summed E-state index contributed by atoms with van der Waals surface area (Å²) in [4.78, 5) is 33.1. The average molecular weight is 575 g/mol. The fraction of sp³-hybridized carbons (Fsp3) is 0.258. The molecule has 0 aliphatic carbocycles. The summed E-state index contributed by atoms with van der Waals surface area (Å²) >= 11 is 6.09. The molecule has 0 saturated carbocycles. The summed E-state index contributed by atoms with van der Waals surface area (Å²) in [7, 11) is 3.13. The lowest BCUT2D eigenvalue weighted by Gasteiger charge is -2.25. The molecule has 1 saturated heterocycles. The van der Waals surface area contributed by atoms with Gasteiger partial charge in [0.25, 0.3) is 5.91 Å². The predicted octanol–water partition coefficient (Wildman–Crippen LogP) is 5.47. The number of ether oxygens (including phenoxy) is 3. The van der Waals surface area contributed by atoms with Gasteiger partial charge < -0.3 is 19.1 Å². The first-order valence-electron chi connectivity index (χ1n) is 13.3. The number of imidazole rings is 1. The predicted molar refractivity (Wildman–Crippen MR) is 157 cm³/mol.